The highest BCUT2D eigenvalue weighted by molar-refractivity contribution is 6.06. The fourth-order valence-corrected chi connectivity index (χ4v) is 5.53. The Morgan fingerprint density at radius 2 is 1.72 bits per heavy atom. The van der Waals surface area contributed by atoms with Crippen LogP contribution in [0.4, 0.5) is 0 Å². The molecule has 4 aliphatic carbocycles. The molecule has 7 rings (SSSR count). The minimum absolute atomic E-state index is 0.185. The number of rotatable bonds is 3. The van der Waals surface area contributed by atoms with Gasteiger partial charge >= 0.3 is 0 Å². The van der Waals surface area contributed by atoms with Crippen LogP contribution in [0.2, 0.25) is 0 Å². The van der Waals surface area contributed by atoms with Crippen molar-refractivity contribution in [2.24, 2.45) is 40.6 Å². The topological polar surface area (TPSA) is 86.7 Å². The Kier molecular flexibility index (Phi) is 3.28. The summed E-state index contributed by atoms with van der Waals surface area (Å²) in [6, 6.07) is 12.8. The molecule has 0 N–H and O–H groups in total. The smallest absolute Gasteiger partial charge is 0.254 e. The molecular weight excluding hydrogens is 366 g/mol. The third-order valence-electron chi connectivity index (χ3n) is 6.88. The third-order valence-corrected chi connectivity index (χ3v) is 6.88. The SMILES string of the molecule is N#Cc1ccccc1-c1ccc(/C=N\N2C(=O)[C@@H]3[C@@H]4C=C[C@H]([C@@H]5C[C@H]45)[C@H]3C2=O)o1. The van der Waals surface area contributed by atoms with Gasteiger partial charge in [0.25, 0.3) is 11.8 Å². The zero-order valence-corrected chi connectivity index (χ0v) is 15.4. The van der Waals surface area contributed by atoms with Gasteiger partial charge in [0.2, 0.25) is 0 Å². The number of hydrogen-bond acceptors (Lipinski definition) is 5. The summed E-state index contributed by atoms with van der Waals surface area (Å²) in [5.41, 5.74) is 1.21. The molecule has 142 valence electrons. The van der Waals surface area contributed by atoms with Gasteiger partial charge in [-0.25, -0.2) is 0 Å². The lowest BCUT2D eigenvalue weighted by atomic mass is 9.63. The second-order valence-electron chi connectivity index (χ2n) is 8.25. The summed E-state index contributed by atoms with van der Waals surface area (Å²) in [7, 11) is 0. The summed E-state index contributed by atoms with van der Waals surface area (Å²) in [5.74, 6) is 1.57. The van der Waals surface area contributed by atoms with Crippen LogP contribution in [-0.2, 0) is 9.59 Å². The molecule has 6 nitrogen and oxygen atoms in total. The van der Waals surface area contributed by atoms with Crippen LogP contribution in [0.25, 0.3) is 11.3 Å². The monoisotopic (exact) mass is 383 g/mol. The number of benzene rings is 1. The molecule has 6 atom stereocenters. The molecule has 2 bridgehead atoms. The predicted molar refractivity (Wildman–Crippen MR) is 103 cm³/mol. The van der Waals surface area contributed by atoms with Crippen LogP contribution in [0.3, 0.4) is 0 Å². The lowest BCUT2D eigenvalue weighted by Gasteiger charge is -2.37. The Bertz CT molecular complexity index is 1120. The summed E-state index contributed by atoms with van der Waals surface area (Å²) in [6.45, 7) is 0. The third kappa shape index (κ3) is 2.24. The predicted octanol–water partition coefficient (Wildman–Crippen LogP) is 3.21. The fraction of sp³-hybridized carbons (Fsp3) is 0.304. The molecule has 6 heteroatoms. The normalized spacial score (nSPS) is 33.8. The number of nitriles is 1. The van der Waals surface area contributed by atoms with Gasteiger partial charge in [0.05, 0.1) is 29.7 Å². The molecule has 1 saturated heterocycles. The van der Waals surface area contributed by atoms with E-state index in [0.717, 1.165) is 11.4 Å². The number of imide groups is 1. The number of carbonyl (C=O) groups is 2. The van der Waals surface area contributed by atoms with Crippen molar-refractivity contribution >= 4 is 18.0 Å². The number of allylic oxidation sites excluding steroid dienone is 2. The molecule has 0 spiro atoms. The lowest BCUT2D eigenvalue weighted by Crippen LogP contribution is -2.40. The summed E-state index contributed by atoms with van der Waals surface area (Å²) in [6.07, 6.45) is 6.83. The van der Waals surface area contributed by atoms with E-state index in [9.17, 15) is 14.9 Å². The average molecular weight is 383 g/mol. The molecule has 2 aromatic rings. The van der Waals surface area contributed by atoms with E-state index in [-0.39, 0.29) is 35.5 Å². The number of nitrogens with zero attached hydrogens (tertiary/aromatic N) is 3. The maximum Gasteiger partial charge on any atom is 0.254 e. The van der Waals surface area contributed by atoms with Crippen molar-refractivity contribution in [2.45, 2.75) is 6.42 Å². The van der Waals surface area contributed by atoms with Gasteiger partial charge in [-0.1, -0.05) is 24.3 Å². The van der Waals surface area contributed by atoms with Crippen LogP contribution in [0.5, 0.6) is 0 Å². The molecular formula is C23H17N3O3. The summed E-state index contributed by atoms with van der Waals surface area (Å²) >= 11 is 0. The molecule has 29 heavy (non-hydrogen) atoms. The van der Waals surface area contributed by atoms with E-state index in [1.54, 1.807) is 24.3 Å². The first-order valence-electron chi connectivity index (χ1n) is 9.87. The Hall–Kier alpha value is -3.46. The zero-order valence-electron chi connectivity index (χ0n) is 15.4. The highest BCUT2D eigenvalue weighted by Gasteiger charge is 2.67. The first-order valence-corrected chi connectivity index (χ1v) is 9.87. The second kappa shape index (κ2) is 5.77. The van der Waals surface area contributed by atoms with E-state index in [1.165, 1.54) is 6.21 Å². The highest BCUT2D eigenvalue weighted by Crippen LogP contribution is 2.65. The fourth-order valence-electron chi connectivity index (χ4n) is 5.53. The van der Waals surface area contributed by atoms with Crippen LogP contribution >= 0.6 is 0 Å². The molecule has 5 aliphatic rings. The van der Waals surface area contributed by atoms with Crippen molar-refractivity contribution in [3.63, 3.8) is 0 Å². The summed E-state index contributed by atoms with van der Waals surface area (Å²) in [4.78, 5) is 25.9. The number of amides is 2. The minimum Gasteiger partial charge on any atom is -0.455 e. The van der Waals surface area contributed by atoms with Crippen molar-refractivity contribution in [3.05, 3.63) is 59.9 Å². The van der Waals surface area contributed by atoms with E-state index in [0.29, 0.717) is 34.5 Å². The Labute approximate surface area is 167 Å². The maximum absolute atomic E-state index is 12.9. The Balaban J connectivity index is 1.26. The van der Waals surface area contributed by atoms with E-state index < -0.39 is 0 Å². The van der Waals surface area contributed by atoms with E-state index >= 15 is 0 Å². The van der Waals surface area contributed by atoms with Crippen molar-refractivity contribution in [2.75, 3.05) is 0 Å². The molecule has 3 fully saturated rings. The van der Waals surface area contributed by atoms with Gasteiger partial charge in [-0.15, -0.1) is 0 Å². The first-order chi connectivity index (χ1) is 14.2. The van der Waals surface area contributed by atoms with Crippen molar-refractivity contribution in [1.82, 2.24) is 5.01 Å². The summed E-state index contributed by atoms with van der Waals surface area (Å²) in [5, 5.41) is 14.5. The van der Waals surface area contributed by atoms with Crippen molar-refractivity contribution < 1.29 is 14.0 Å². The molecule has 1 aliphatic heterocycles. The van der Waals surface area contributed by atoms with E-state index in [4.69, 9.17) is 4.42 Å². The van der Waals surface area contributed by atoms with E-state index in [1.807, 2.05) is 12.1 Å². The molecule has 2 amide bonds. The van der Waals surface area contributed by atoms with Gasteiger partial charge in [-0.2, -0.15) is 15.4 Å². The van der Waals surface area contributed by atoms with Gasteiger partial charge in [-0.3, -0.25) is 9.59 Å². The summed E-state index contributed by atoms with van der Waals surface area (Å²) < 4.78 is 5.78. The zero-order chi connectivity index (χ0) is 19.7. The number of carbonyl (C=O) groups excluding carboxylic acids is 2. The van der Waals surface area contributed by atoms with Gasteiger partial charge in [0.1, 0.15) is 11.5 Å². The number of furan rings is 1. The van der Waals surface area contributed by atoms with Crippen LogP contribution in [0, 0.1) is 46.8 Å². The molecule has 2 heterocycles. The lowest BCUT2D eigenvalue weighted by molar-refractivity contribution is -0.140. The van der Waals surface area contributed by atoms with Gasteiger partial charge < -0.3 is 4.42 Å². The van der Waals surface area contributed by atoms with Gasteiger partial charge in [0, 0.05) is 5.56 Å². The van der Waals surface area contributed by atoms with Crippen LogP contribution < -0.4 is 0 Å². The van der Waals surface area contributed by atoms with E-state index in [2.05, 4.69) is 23.3 Å². The van der Waals surface area contributed by atoms with Crippen LogP contribution in [-0.4, -0.2) is 23.0 Å². The Morgan fingerprint density at radius 1 is 1.03 bits per heavy atom. The Morgan fingerprint density at radius 3 is 2.41 bits per heavy atom. The molecule has 2 saturated carbocycles. The molecule has 1 aromatic heterocycles. The largest absolute Gasteiger partial charge is 0.455 e. The first kappa shape index (κ1) is 16.5. The number of hydrogen-bond donors (Lipinski definition) is 0. The second-order valence-corrected chi connectivity index (χ2v) is 8.25. The minimum atomic E-state index is -0.256. The van der Waals surface area contributed by atoms with Gasteiger partial charge in [0.15, 0.2) is 0 Å². The maximum atomic E-state index is 12.9. The van der Waals surface area contributed by atoms with Gasteiger partial charge in [-0.05, 0) is 54.4 Å². The quantitative estimate of drug-likeness (QED) is 0.463. The van der Waals surface area contributed by atoms with Crippen LogP contribution in [0.15, 0.2) is 58.1 Å². The molecule has 0 radical (unpaired) electrons. The van der Waals surface area contributed by atoms with Crippen molar-refractivity contribution in [1.29, 1.82) is 5.26 Å². The van der Waals surface area contributed by atoms with Crippen LogP contribution in [0.1, 0.15) is 17.7 Å². The molecule has 0 unspecified atom stereocenters. The number of hydrazone groups is 1. The highest BCUT2D eigenvalue weighted by atomic mass is 16.3. The standard InChI is InChI=1S/C23H17N3O3/c24-10-12-3-1-2-4-14(12)19-8-5-13(29-19)11-25-26-22(27)20-15-6-7-16(18-9-17(15)18)21(20)23(26)28/h1-8,11,15-18,20-21H,9H2/b25-11-/t15-,16-,17-,18+,20-,21-/m1/s1. The van der Waals surface area contributed by atoms with Crippen molar-refractivity contribution in [3.8, 4) is 17.4 Å². The molecule has 1 aromatic carbocycles. The average Bonchev–Trinajstić information content (AvgIpc) is 3.39.